The first-order valence-corrected chi connectivity index (χ1v) is 12.2. The Bertz CT molecular complexity index is 1780. The Morgan fingerprint density at radius 1 is 0.684 bits per heavy atom. The van der Waals surface area contributed by atoms with Gasteiger partial charge in [-0.3, -0.25) is 9.98 Å². The van der Waals surface area contributed by atoms with Crippen LogP contribution in [0, 0.1) is 5.41 Å². The van der Waals surface area contributed by atoms with Gasteiger partial charge in [0.15, 0.2) is 5.65 Å². The number of aromatic nitrogens is 4. The SMILES string of the molecule is N=c1c2c(-c3ccccc3)c(-c3ccccc3)nnc2nc(NN=Cc2ccccc2)n1-c1ccccc1. The van der Waals surface area contributed by atoms with Crippen molar-refractivity contribution in [2.45, 2.75) is 0 Å². The maximum atomic E-state index is 9.43. The molecular formula is C31H23N7. The van der Waals surface area contributed by atoms with Crippen LogP contribution in [0.5, 0.6) is 0 Å². The molecule has 6 aromatic rings. The third-order valence-electron chi connectivity index (χ3n) is 6.14. The Hall–Kier alpha value is -5.43. The third-order valence-corrected chi connectivity index (χ3v) is 6.14. The predicted molar refractivity (Wildman–Crippen MR) is 151 cm³/mol. The number of nitrogens with zero attached hydrogens (tertiary/aromatic N) is 5. The van der Waals surface area contributed by atoms with Crippen LogP contribution in [0.4, 0.5) is 5.95 Å². The lowest BCUT2D eigenvalue weighted by Gasteiger charge is -2.17. The van der Waals surface area contributed by atoms with Gasteiger partial charge in [-0.05, 0) is 23.3 Å². The molecule has 0 fully saturated rings. The second kappa shape index (κ2) is 10.3. The maximum Gasteiger partial charge on any atom is 0.232 e. The Balaban J connectivity index is 1.62. The summed E-state index contributed by atoms with van der Waals surface area (Å²) in [6, 6.07) is 39.3. The quantitative estimate of drug-likeness (QED) is 0.217. The summed E-state index contributed by atoms with van der Waals surface area (Å²) in [5.74, 6) is 0.363. The van der Waals surface area contributed by atoms with Crippen molar-refractivity contribution in [2.24, 2.45) is 5.10 Å². The van der Waals surface area contributed by atoms with Crippen LogP contribution >= 0.6 is 0 Å². The molecule has 4 aromatic carbocycles. The number of hydrazone groups is 1. The van der Waals surface area contributed by atoms with E-state index in [1.165, 1.54) is 0 Å². The van der Waals surface area contributed by atoms with Crippen molar-refractivity contribution < 1.29 is 0 Å². The summed E-state index contributed by atoms with van der Waals surface area (Å²) < 4.78 is 1.74. The molecule has 0 radical (unpaired) electrons. The summed E-state index contributed by atoms with van der Waals surface area (Å²) in [7, 11) is 0. The highest BCUT2D eigenvalue weighted by molar-refractivity contribution is 5.99. The van der Waals surface area contributed by atoms with E-state index < -0.39 is 0 Å². The third kappa shape index (κ3) is 4.44. The van der Waals surface area contributed by atoms with Crippen LogP contribution in [-0.4, -0.2) is 26.0 Å². The number of para-hydroxylation sites is 1. The fourth-order valence-corrected chi connectivity index (χ4v) is 4.39. The normalized spacial score (nSPS) is 11.2. The number of fused-ring (bicyclic) bond motifs is 1. The number of hydrogen-bond acceptors (Lipinski definition) is 6. The van der Waals surface area contributed by atoms with E-state index in [9.17, 15) is 5.41 Å². The van der Waals surface area contributed by atoms with Crippen molar-refractivity contribution in [3.8, 4) is 28.1 Å². The van der Waals surface area contributed by atoms with Crippen molar-refractivity contribution in [1.29, 1.82) is 5.41 Å². The van der Waals surface area contributed by atoms with E-state index in [4.69, 9.17) is 4.98 Å². The van der Waals surface area contributed by atoms with Crippen molar-refractivity contribution in [3.05, 3.63) is 132 Å². The highest BCUT2D eigenvalue weighted by Crippen LogP contribution is 2.34. The lowest BCUT2D eigenvalue weighted by atomic mass is 9.97. The van der Waals surface area contributed by atoms with Crippen molar-refractivity contribution in [1.82, 2.24) is 19.7 Å². The molecule has 0 atom stereocenters. The van der Waals surface area contributed by atoms with Crippen LogP contribution in [0.3, 0.4) is 0 Å². The monoisotopic (exact) mass is 493 g/mol. The standard InChI is InChI=1S/C31H23N7/c32-29-27-26(23-15-7-2-8-16-23)28(24-17-9-3-10-18-24)35-36-30(27)34-31(38(29)25-19-11-4-12-20-25)37-33-21-22-13-5-1-6-14-22/h1-21,32H,(H,34,36,37). The first-order chi connectivity index (χ1) is 18.8. The van der Waals surface area contributed by atoms with Crippen LogP contribution in [0.15, 0.2) is 126 Å². The van der Waals surface area contributed by atoms with Gasteiger partial charge in [0.05, 0.1) is 17.3 Å². The molecule has 0 saturated heterocycles. The average Bonchev–Trinajstić information content (AvgIpc) is 2.98. The molecule has 0 spiro atoms. The molecule has 0 amide bonds. The lowest BCUT2D eigenvalue weighted by molar-refractivity contribution is 0.897. The second-order valence-corrected chi connectivity index (χ2v) is 8.59. The fourth-order valence-electron chi connectivity index (χ4n) is 4.39. The largest absolute Gasteiger partial charge is 0.283 e. The maximum absolute atomic E-state index is 9.43. The number of rotatable bonds is 6. The summed E-state index contributed by atoms with van der Waals surface area (Å²) in [6.07, 6.45) is 1.71. The number of nitrogens with one attached hydrogen (secondary N) is 2. The van der Waals surface area contributed by atoms with Gasteiger partial charge in [-0.15, -0.1) is 10.2 Å². The first kappa shape index (κ1) is 23.0. The molecule has 0 unspecified atom stereocenters. The van der Waals surface area contributed by atoms with Crippen LogP contribution in [-0.2, 0) is 0 Å². The second-order valence-electron chi connectivity index (χ2n) is 8.59. The van der Waals surface area contributed by atoms with Crippen molar-refractivity contribution in [2.75, 3.05) is 5.43 Å². The molecule has 0 bridgehead atoms. The summed E-state index contributed by atoms with van der Waals surface area (Å²) in [4.78, 5) is 4.81. The van der Waals surface area contributed by atoms with E-state index >= 15 is 0 Å². The molecule has 2 N–H and O–H groups in total. The Kier molecular flexibility index (Phi) is 6.22. The van der Waals surface area contributed by atoms with Gasteiger partial charge in [0, 0.05) is 11.1 Å². The summed E-state index contributed by atoms with van der Waals surface area (Å²) >= 11 is 0. The van der Waals surface area contributed by atoms with Gasteiger partial charge in [0.2, 0.25) is 5.95 Å². The summed E-state index contributed by atoms with van der Waals surface area (Å²) in [5, 5.41) is 23.5. The molecule has 2 heterocycles. The fraction of sp³-hybridized carbons (Fsp3) is 0. The van der Waals surface area contributed by atoms with E-state index in [0.29, 0.717) is 22.7 Å². The van der Waals surface area contributed by atoms with E-state index in [2.05, 4.69) is 20.7 Å². The number of anilines is 1. The number of hydrogen-bond donors (Lipinski definition) is 2. The zero-order valence-corrected chi connectivity index (χ0v) is 20.4. The molecule has 182 valence electrons. The topological polar surface area (TPSA) is 91.8 Å². The molecule has 7 heteroatoms. The smallest absolute Gasteiger partial charge is 0.232 e. The molecule has 0 aliphatic heterocycles. The van der Waals surface area contributed by atoms with E-state index in [0.717, 1.165) is 27.9 Å². The Labute approximate surface area is 219 Å². The van der Waals surface area contributed by atoms with Gasteiger partial charge < -0.3 is 0 Å². The highest BCUT2D eigenvalue weighted by Gasteiger charge is 2.20. The first-order valence-electron chi connectivity index (χ1n) is 12.2. The summed E-state index contributed by atoms with van der Waals surface area (Å²) in [5.41, 5.74) is 8.70. The van der Waals surface area contributed by atoms with Gasteiger partial charge in [-0.2, -0.15) is 10.1 Å². The van der Waals surface area contributed by atoms with Crippen molar-refractivity contribution in [3.63, 3.8) is 0 Å². The lowest BCUT2D eigenvalue weighted by Crippen LogP contribution is -2.24. The van der Waals surface area contributed by atoms with Gasteiger partial charge in [0.25, 0.3) is 0 Å². The minimum atomic E-state index is 0.226. The molecule has 0 saturated carbocycles. The number of benzene rings is 4. The van der Waals surface area contributed by atoms with E-state index in [1.54, 1.807) is 10.8 Å². The summed E-state index contributed by atoms with van der Waals surface area (Å²) in [6.45, 7) is 0. The van der Waals surface area contributed by atoms with Gasteiger partial charge in [0.1, 0.15) is 11.2 Å². The molecule has 6 rings (SSSR count). The molecule has 7 nitrogen and oxygen atoms in total. The van der Waals surface area contributed by atoms with E-state index in [-0.39, 0.29) is 5.49 Å². The van der Waals surface area contributed by atoms with Crippen LogP contribution < -0.4 is 10.9 Å². The predicted octanol–water partition coefficient (Wildman–Crippen LogP) is 6.07. The van der Waals surface area contributed by atoms with Crippen LogP contribution in [0.25, 0.3) is 39.1 Å². The van der Waals surface area contributed by atoms with Gasteiger partial charge in [-0.25, -0.2) is 5.43 Å². The Morgan fingerprint density at radius 3 is 1.92 bits per heavy atom. The molecular weight excluding hydrogens is 470 g/mol. The van der Waals surface area contributed by atoms with Crippen LogP contribution in [0.1, 0.15) is 5.56 Å². The highest BCUT2D eigenvalue weighted by atomic mass is 15.4. The average molecular weight is 494 g/mol. The van der Waals surface area contributed by atoms with E-state index in [1.807, 2.05) is 121 Å². The zero-order valence-electron chi connectivity index (χ0n) is 20.4. The van der Waals surface area contributed by atoms with Gasteiger partial charge >= 0.3 is 0 Å². The minimum Gasteiger partial charge on any atom is -0.283 e. The van der Waals surface area contributed by atoms with Crippen molar-refractivity contribution >= 4 is 23.2 Å². The molecule has 0 aliphatic rings. The molecule has 2 aromatic heterocycles. The minimum absolute atomic E-state index is 0.226. The van der Waals surface area contributed by atoms with Gasteiger partial charge in [-0.1, -0.05) is 109 Å². The molecule has 38 heavy (non-hydrogen) atoms. The van der Waals surface area contributed by atoms with Crippen LogP contribution in [0.2, 0.25) is 0 Å². The molecule has 0 aliphatic carbocycles. The Morgan fingerprint density at radius 2 is 1.26 bits per heavy atom. The zero-order chi connectivity index (χ0) is 25.7.